The summed E-state index contributed by atoms with van der Waals surface area (Å²) in [6.45, 7) is 7.02. The number of hydrogen-bond acceptors (Lipinski definition) is 3. The Kier molecular flexibility index (Phi) is 6.67. The van der Waals surface area contributed by atoms with Crippen LogP contribution in [-0.4, -0.2) is 12.5 Å². The van der Waals surface area contributed by atoms with Crippen molar-refractivity contribution in [3.63, 3.8) is 0 Å². The van der Waals surface area contributed by atoms with Crippen LogP contribution in [0, 0.1) is 5.92 Å². The van der Waals surface area contributed by atoms with Crippen LogP contribution in [0.3, 0.4) is 0 Å². The van der Waals surface area contributed by atoms with Crippen LogP contribution in [0.15, 0.2) is 46.9 Å². The maximum atomic E-state index is 11.7. The summed E-state index contributed by atoms with van der Waals surface area (Å²) in [6.07, 6.45) is 0. The third-order valence-electron chi connectivity index (χ3n) is 3.48. The van der Waals surface area contributed by atoms with Crippen LogP contribution in [0.1, 0.15) is 26.3 Å². The van der Waals surface area contributed by atoms with E-state index >= 15 is 0 Å². The topological polar surface area (TPSA) is 50.4 Å². The first-order chi connectivity index (χ1) is 11.5. The number of ether oxygens (including phenoxy) is 1. The highest BCUT2D eigenvalue weighted by Crippen LogP contribution is 2.24. The highest BCUT2D eigenvalue weighted by atomic mass is 79.9. The molecule has 0 unspecified atom stereocenters. The number of carbonyl (C=O) groups is 1. The molecule has 0 atom stereocenters. The van der Waals surface area contributed by atoms with Crippen molar-refractivity contribution in [1.82, 2.24) is 0 Å². The number of halogens is 1. The molecule has 2 aromatic carbocycles. The van der Waals surface area contributed by atoms with Gasteiger partial charge in [-0.3, -0.25) is 4.79 Å². The minimum Gasteiger partial charge on any atom is -0.494 e. The Morgan fingerprint density at radius 2 is 1.79 bits per heavy atom. The van der Waals surface area contributed by atoms with Crippen molar-refractivity contribution >= 4 is 33.2 Å². The molecule has 128 valence electrons. The quantitative estimate of drug-likeness (QED) is 0.694. The summed E-state index contributed by atoms with van der Waals surface area (Å²) in [5.74, 6) is 0.872. The van der Waals surface area contributed by atoms with Gasteiger partial charge in [0, 0.05) is 33.9 Å². The van der Waals surface area contributed by atoms with Gasteiger partial charge in [0.1, 0.15) is 5.75 Å². The predicted molar refractivity (Wildman–Crippen MR) is 103 cm³/mol. The van der Waals surface area contributed by atoms with Crippen LogP contribution in [0.2, 0.25) is 0 Å². The molecular weight excluding hydrogens is 368 g/mol. The smallest absolute Gasteiger partial charge is 0.226 e. The summed E-state index contributed by atoms with van der Waals surface area (Å²) in [5, 5.41) is 6.26. The molecule has 0 bridgehead atoms. The Bertz CT molecular complexity index is 684. The van der Waals surface area contributed by atoms with E-state index in [1.165, 1.54) is 0 Å². The summed E-state index contributed by atoms with van der Waals surface area (Å²) in [5.41, 5.74) is 2.88. The van der Waals surface area contributed by atoms with E-state index < -0.39 is 0 Å². The lowest BCUT2D eigenvalue weighted by Gasteiger charge is -2.13. The first-order valence-electron chi connectivity index (χ1n) is 8.05. The van der Waals surface area contributed by atoms with Crippen molar-refractivity contribution < 1.29 is 9.53 Å². The maximum Gasteiger partial charge on any atom is 0.226 e. The van der Waals surface area contributed by atoms with Gasteiger partial charge >= 0.3 is 0 Å². The second-order valence-electron chi connectivity index (χ2n) is 5.76. The minimum atomic E-state index is -0.0312. The Labute approximate surface area is 151 Å². The van der Waals surface area contributed by atoms with E-state index in [1.54, 1.807) is 0 Å². The zero-order valence-electron chi connectivity index (χ0n) is 14.2. The number of carbonyl (C=O) groups excluding carboxylic acids is 1. The molecule has 0 aromatic heterocycles. The molecule has 0 saturated carbocycles. The zero-order chi connectivity index (χ0) is 17.5. The SMILES string of the molecule is CCOc1ccc(Br)cc1CNc1ccc(NC(=O)C(C)C)cc1. The Balaban J connectivity index is 2.00. The van der Waals surface area contributed by atoms with E-state index in [0.29, 0.717) is 13.2 Å². The molecule has 0 radical (unpaired) electrons. The second kappa shape index (κ2) is 8.73. The van der Waals surface area contributed by atoms with Crippen LogP contribution in [0.4, 0.5) is 11.4 Å². The van der Waals surface area contributed by atoms with E-state index in [0.717, 1.165) is 27.2 Å². The third-order valence-corrected chi connectivity index (χ3v) is 3.98. The lowest BCUT2D eigenvalue weighted by atomic mass is 10.2. The molecule has 2 aromatic rings. The third kappa shape index (κ3) is 5.27. The summed E-state index contributed by atoms with van der Waals surface area (Å²) < 4.78 is 6.68. The lowest BCUT2D eigenvalue weighted by Crippen LogP contribution is -2.17. The lowest BCUT2D eigenvalue weighted by molar-refractivity contribution is -0.118. The van der Waals surface area contributed by atoms with E-state index in [1.807, 2.05) is 57.2 Å². The summed E-state index contributed by atoms with van der Waals surface area (Å²) in [4.78, 5) is 11.7. The molecular formula is C19H23BrN2O2. The Morgan fingerprint density at radius 1 is 1.12 bits per heavy atom. The van der Waals surface area contributed by atoms with Crippen molar-refractivity contribution in [2.75, 3.05) is 17.2 Å². The first-order valence-corrected chi connectivity index (χ1v) is 8.85. The standard InChI is InChI=1S/C19H23BrN2O2/c1-4-24-18-10-5-15(20)11-14(18)12-21-16-6-8-17(9-7-16)22-19(23)13(2)3/h5-11,13,21H,4,12H2,1-3H3,(H,22,23). The fraction of sp³-hybridized carbons (Fsp3) is 0.316. The van der Waals surface area contributed by atoms with Crippen molar-refractivity contribution in [2.24, 2.45) is 5.92 Å². The van der Waals surface area contributed by atoms with Gasteiger partial charge in [-0.2, -0.15) is 0 Å². The van der Waals surface area contributed by atoms with Crippen LogP contribution >= 0.6 is 15.9 Å². The maximum absolute atomic E-state index is 11.7. The molecule has 0 heterocycles. The summed E-state index contributed by atoms with van der Waals surface area (Å²) in [7, 11) is 0. The molecule has 24 heavy (non-hydrogen) atoms. The minimum absolute atomic E-state index is 0.0196. The summed E-state index contributed by atoms with van der Waals surface area (Å²) in [6, 6.07) is 13.7. The largest absolute Gasteiger partial charge is 0.494 e. The van der Waals surface area contributed by atoms with E-state index in [2.05, 4.69) is 32.6 Å². The number of amides is 1. The van der Waals surface area contributed by atoms with Crippen molar-refractivity contribution in [2.45, 2.75) is 27.3 Å². The molecule has 5 heteroatoms. The summed E-state index contributed by atoms with van der Waals surface area (Å²) >= 11 is 3.49. The fourth-order valence-electron chi connectivity index (χ4n) is 2.14. The molecule has 4 nitrogen and oxygen atoms in total. The number of hydrogen-bond donors (Lipinski definition) is 2. The Morgan fingerprint density at radius 3 is 2.42 bits per heavy atom. The molecule has 0 aliphatic heterocycles. The molecule has 0 spiro atoms. The van der Waals surface area contributed by atoms with Gasteiger partial charge in [0.05, 0.1) is 6.61 Å². The molecule has 0 fully saturated rings. The molecule has 2 N–H and O–H groups in total. The van der Waals surface area contributed by atoms with Gasteiger partial charge in [-0.1, -0.05) is 29.8 Å². The van der Waals surface area contributed by atoms with Crippen LogP contribution in [-0.2, 0) is 11.3 Å². The van der Waals surface area contributed by atoms with Crippen molar-refractivity contribution in [3.05, 3.63) is 52.5 Å². The number of benzene rings is 2. The van der Waals surface area contributed by atoms with Gasteiger partial charge < -0.3 is 15.4 Å². The normalized spacial score (nSPS) is 10.5. The van der Waals surface area contributed by atoms with Gasteiger partial charge in [0.15, 0.2) is 0 Å². The molecule has 1 amide bonds. The van der Waals surface area contributed by atoms with Gasteiger partial charge in [-0.25, -0.2) is 0 Å². The molecule has 2 rings (SSSR count). The highest BCUT2D eigenvalue weighted by molar-refractivity contribution is 9.10. The predicted octanol–water partition coefficient (Wildman–Crippen LogP) is 5.05. The van der Waals surface area contributed by atoms with Crippen LogP contribution in [0.5, 0.6) is 5.75 Å². The van der Waals surface area contributed by atoms with E-state index in [-0.39, 0.29) is 11.8 Å². The number of anilines is 2. The first kappa shape index (κ1) is 18.3. The van der Waals surface area contributed by atoms with Crippen LogP contribution in [0.25, 0.3) is 0 Å². The average molecular weight is 391 g/mol. The zero-order valence-corrected chi connectivity index (χ0v) is 15.8. The second-order valence-corrected chi connectivity index (χ2v) is 6.68. The average Bonchev–Trinajstić information content (AvgIpc) is 2.56. The highest BCUT2D eigenvalue weighted by Gasteiger charge is 2.07. The van der Waals surface area contributed by atoms with Gasteiger partial charge in [-0.15, -0.1) is 0 Å². The molecule has 0 aliphatic rings. The van der Waals surface area contributed by atoms with E-state index in [9.17, 15) is 4.79 Å². The van der Waals surface area contributed by atoms with Crippen LogP contribution < -0.4 is 15.4 Å². The molecule has 0 saturated heterocycles. The van der Waals surface area contributed by atoms with Gasteiger partial charge in [-0.05, 0) is 49.4 Å². The van der Waals surface area contributed by atoms with Gasteiger partial charge in [0.25, 0.3) is 0 Å². The van der Waals surface area contributed by atoms with Crippen molar-refractivity contribution in [3.8, 4) is 5.75 Å². The fourth-order valence-corrected chi connectivity index (χ4v) is 2.55. The molecule has 0 aliphatic carbocycles. The monoisotopic (exact) mass is 390 g/mol. The number of rotatable bonds is 7. The van der Waals surface area contributed by atoms with E-state index in [4.69, 9.17) is 4.74 Å². The van der Waals surface area contributed by atoms with Gasteiger partial charge in [0.2, 0.25) is 5.91 Å². The Hall–Kier alpha value is -2.01. The number of nitrogens with one attached hydrogen (secondary N) is 2. The van der Waals surface area contributed by atoms with Crippen molar-refractivity contribution in [1.29, 1.82) is 0 Å².